The van der Waals surface area contributed by atoms with Gasteiger partial charge in [-0.3, -0.25) is 0 Å². The van der Waals surface area contributed by atoms with E-state index >= 15 is 0 Å². The molecule has 1 aliphatic heterocycles. The van der Waals surface area contributed by atoms with E-state index in [2.05, 4.69) is 55.3 Å². The third-order valence-corrected chi connectivity index (χ3v) is 3.60. The molecule has 0 radical (unpaired) electrons. The smallest absolute Gasteiger partial charge is 0.0369 e. The van der Waals surface area contributed by atoms with Crippen LogP contribution in [-0.4, -0.2) is 25.7 Å². The number of benzene rings is 1. The minimum absolute atomic E-state index is 0.632. The predicted octanol–water partition coefficient (Wildman–Crippen LogP) is 3.21. The molecular weight excluding hydrogens is 220 g/mol. The second kappa shape index (κ2) is 6.24. The number of nitrogens with zero attached hydrogens (tertiary/aromatic N) is 1. The van der Waals surface area contributed by atoms with Crippen molar-refractivity contribution >= 4 is 5.69 Å². The van der Waals surface area contributed by atoms with Crippen LogP contribution in [-0.2, 0) is 0 Å². The Hall–Kier alpha value is -1.02. The Balaban J connectivity index is 2.07. The van der Waals surface area contributed by atoms with E-state index in [9.17, 15) is 0 Å². The molecule has 0 aromatic heterocycles. The number of nitrogens with one attached hydrogen (secondary N) is 1. The number of hydrogen-bond acceptors (Lipinski definition) is 2. The Bertz CT molecular complexity index is 373. The molecule has 1 aromatic rings. The summed E-state index contributed by atoms with van der Waals surface area (Å²) >= 11 is 0. The molecule has 1 saturated heterocycles. The van der Waals surface area contributed by atoms with Gasteiger partial charge in [-0.05, 0) is 49.9 Å². The maximum Gasteiger partial charge on any atom is 0.0369 e. The van der Waals surface area contributed by atoms with Crippen LogP contribution in [0.3, 0.4) is 0 Å². The van der Waals surface area contributed by atoms with Gasteiger partial charge in [0.1, 0.15) is 0 Å². The highest BCUT2D eigenvalue weighted by Crippen LogP contribution is 2.19. The molecule has 1 fully saturated rings. The molecule has 100 valence electrons. The van der Waals surface area contributed by atoms with Crippen molar-refractivity contribution in [2.24, 2.45) is 5.92 Å². The average Bonchev–Trinajstić information content (AvgIpc) is 2.54. The van der Waals surface area contributed by atoms with Crippen LogP contribution in [0.2, 0.25) is 0 Å². The molecule has 1 heterocycles. The third kappa shape index (κ3) is 3.74. The van der Waals surface area contributed by atoms with Crippen molar-refractivity contribution in [3.05, 3.63) is 29.8 Å². The maximum absolute atomic E-state index is 3.69. The normalized spacial score (nSPS) is 21.1. The van der Waals surface area contributed by atoms with Crippen LogP contribution in [0.15, 0.2) is 24.3 Å². The Kier molecular flexibility index (Phi) is 4.65. The SMILES string of the molecule is Cc1cccc(N2CCCNC(CC(C)C)C2)c1. The van der Waals surface area contributed by atoms with E-state index in [0.29, 0.717) is 6.04 Å². The maximum atomic E-state index is 3.69. The van der Waals surface area contributed by atoms with E-state index in [4.69, 9.17) is 0 Å². The molecular formula is C16H26N2. The van der Waals surface area contributed by atoms with E-state index in [1.54, 1.807) is 0 Å². The lowest BCUT2D eigenvalue weighted by Gasteiger charge is -2.27. The van der Waals surface area contributed by atoms with Gasteiger partial charge >= 0.3 is 0 Å². The highest BCUT2D eigenvalue weighted by atomic mass is 15.2. The quantitative estimate of drug-likeness (QED) is 0.881. The van der Waals surface area contributed by atoms with Gasteiger partial charge in [-0.25, -0.2) is 0 Å². The molecule has 18 heavy (non-hydrogen) atoms. The number of hydrogen-bond donors (Lipinski definition) is 1. The van der Waals surface area contributed by atoms with E-state index in [0.717, 1.165) is 19.0 Å². The molecule has 2 heteroatoms. The van der Waals surface area contributed by atoms with E-state index in [-0.39, 0.29) is 0 Å². The second-order valence-electron chi connectivity index (χ2n) is 5.92. The molecule has 1 aliphatic rings. The molecule has 2 nitrogen and oxygen atoms in total. The molecule has 2 rings (SSSR count). The molecule has 0 saturated carbocycles. The highest BCUT2D eigenvalue weighted by molar-refractivity contribution is 5.48. The van der Waals surface area contributed by atoms with Crippen molar-refractivity contribution in [1.29, 1.82) is 0 Å². The Morgan fingerprint density at radius 2 is 2.22 bits per heavy atom. The molecule has 1 aromatic carbocycles. The van der Waals surface area contributed by atoms with Gasteiger partial charge in [-0.15, -0.1) is 0 Å². The van der Waals surface area contributed by atoms with Crippen LogP contribution in [0.4, 0.5) is 5.69 Å². The zero-order valence-electron chi connectivity index (χ0n) is 11.9. The zero-order chi connectivity index (χ0) is 13.0. The molecule has 1 atom stereocenters. The molecule has 0 spiro atoms. The van der Waals surface area contributed by atoms with Crippen LogP contribution >= 0.6 is 0 Å². The van der Waals surface area contributed by atoms with Crippen molar-refractivity contribution in [3.8, 4) is 0 Å². The first kappa shape index (κ1) is 13.4. The van der Waals surface area contributed by atoms with Gasteiger partial charge in [0.25, 0.3) is 0 Å². The molecule has 0 amide bonds. The first-order chi connectivity index (χ1) is 8.65. The fourth-order valence-electron chi connectivity index (χ4n) is 2.78. The summed E-state index contributed by atoms with van der Waals surface area (Å²) in [4.78, 5) is 2.54. The third-order valence-electron chi connectivity index (χ3n) is 3.60. The largest absolute Gasteiger partial charge is 0.370 e. The number of anilines is 1. The Labute approximate surface area is 111 Å². The summed E-state index contributed by atoms with van der Waals surface area (Å²) in [5.41, 5.74) is 2.73. The summed E-state index contributed by atoms with van der Waals surface area (Å²) in [6, 6.07) is 9.52. The van der Waals surface area contributed by atoms with Gasteiger partial charge in [-0.1, -0.05) is 26.0 Å². The minimum atomic E-state index is 0.632. The standard InChI is InChI=1S/C16H26N2/c1-13(2)10-15-12-18(9-5-8-17-15)16-7-4-6-14(3)11-16/h4,6-7,11,13,15,17H,5,8-10,12H2,1-3H3. The lowest BCUT2D eigenvalue weighted by molar-refractivity contribution is 0.436. The topological polar surface area (TPSA) is 15.3 Å². The van der Waals surface area contributed by atoms with E-state index in [1.807, 2.05) is 0 Å². The lowest BCUT2D eigenvalue weighted by atomic mass is 10.0. The Morgan fingerprint density at radius 1 is 1.39 bits per heavy atom. The minimum Gasteiger partial charge on any atom is -0.370 e. The van der Waals surface area contributed by atoms with E-state index < -0.39 is 0 Å². The fourth-order valence-corrected chi connectivity index (χ4v) is 2.78. The Morgan fingerprint density at radius 3 is 2.94 bits per heavy atom. The first-order valence-electron chi connectivity index (χ1n) is 7.20. The summed E-state index contributed by atoms with van der Waals surface area (Å²) in [5, 5.41) is 3.69. The van der Waals surface area contributed by atoms with Gasteiger partial charge in [0.15, 0.2) is 0 Å². The average molecular weight is 246 g/mol. The van der Waals surface area contributed by atoms with Crippen molar-refractivity contribution < 1.29 is 0 Å². The fraction of sp³-hybridized carbons (Fsp3) is 0.625. The van der Waals surface area contributed by atoms with Crippen LogP contribution < -0.4 is 10.2 Å². The van der Waals surface area contributed by atoms with Gasteiger partial charge < -0.3 is 10.2 Å². The van der Waals surface area contributed by atoms with Crippen LogP contribution in [0.1, 0.15) is 32.3 Å². The second-order valence-corrected chi connectivity index (χ2v) is 5.92. The van der Waals surface area contributed by atoms with Crippen molar-refractivity contribution in [2.75, 3.05) is 24.5 Å². The summed E-state index contributed by atoms with van der Waals surface area (Å²) in [5.74, 6) is 0.764. The monoisotopic (exact) mass is 246 g/mol. The molecule has 1 unspecified atom stereocenters. The van der Waals surface area contributed by atoms with Crippen LogP contribution in [0.25, 0.3) is 0 Å². The van der Waals surface area contributed by atoms with Crippen molar-refractivity contribution in [2.45, 2.75) is 39.7 Å². The predicted molar refractivity (Wildman–Crippen MR) is 79.3 cm³/mol. The molecule has 0 bridgehead atoms. The zero-order valence-corrected chi connectivity index (χ0v) is 11.9. The highest BCUT2D eigenvalue weighted by Gasteiger charge is 2.18. The van der Waals surface area contributed by atoms with Gasteiger partial charge in [0, 0.05) is 24.8 Å². The van der Waals surface area contributed by atoms with Gasteiger partial charge in [-0.2, -0.15) is 0 Å². The first-order valence-corrected chi connectivity index (χ1v) is 7.20. The van der Waals surface area contributed by atoms with Gasteiger partial charge in [0.2, 0.25) is 0 Å². The summed E-state index contributed by atoms with van der Waals surface area (Å²) in [6.07, 6.45) is 2.50. The lowest BCUT2D eigenvalue weighted by Crippen LogP contribution is -2.38. The summed E-state index contributed by atoms with van der Waals surface area (Å²) in [6.45, 7) is 10.3. The number of aryl methyl sites for hydroxylation is 1. The summed E-state index contributed by atoms with van der Waals surface area (Å²) in [7, 11) is 0. The van der Waals surface area contributed by atoms with E-state index in [1.165, 1.54) is 30.6 Å². The van der Waals surface area contributed by atoms with Crippen molar-refractivity contribution in [3.63, 3.8) is 0 Å². The molecule has 0 aliphatic carbocycles. The summed E-state index contributed by atoms with van der Waals surface area (Å²) < 4.78 is 0. The molecule has 1 N–H and O–H groups in total. The number of rotatable bonds is 3. The van der Waals surface area contributed by atoms with Crippen LogP contribution in [0, 0.1) is 12.8 Å². The van der Waals surface area contributed by atoms with Crippen LogP contribution in [0.5, 0.6) is 0 Å². The van der Waals surface area contributed by atoms with Gasteiger partial charge in [0.05, 0.1) is 0 Å². The van der Waals surface area contributed by atoms with Crippen molar-refractivity contribution in [1.82, 2.24) is 5.32 Å².